The van der Waals surface area contributed by atoms with Crippen LogP contribution >= 0.6 is 12.4 Å². The van der Waals surface area contributed by atoms with Crippen LogP contribution < -0.4 is 10.6 Å². The third kappa shape index (κ3) is 6.47. The van der Waals surface area contributed by atoms with Crippen molar-refractivity contribution in [2.45, 2.75) is 12.5 Å². The molecular weight excluding hydrogens is 312 g/mol. The van der Waals surface area contributed by atoms with E-state index in [0.29, 0.717) is 12.6 Å². The largest absolute Gasteiger partial charge is 0.355 e. The molecule has 1 fully saturated rings. The average molecular weight is 341 g/mol. The molecular formula is C17H29ClN4O. The summed E-state index contributed by atoms with van der Waals surface area (Å²) in [5.41, 5.74) is 1.38. The molecule has 23 heavy (non-hydrogen) atoms. The van der Waals surface area contributed by atoms with Crippen LogP contribution in [0.4, 0.5) is 0 Å². The van der Waals surface area contributed by atoms with Gasteiger partial charge in [0, 0.05) is 38.8 Å². The van der Waals surface area contributed by atoms with Gasteiger partial charge in [0.15, 0.2) is 0 Å². The van der Waals surface area contributed by atoms with Crippen LogP contribution in [0, 0.1) is 0 Å². The number of piperazine rings is 1. The Balaban J connectivity index is 0.00000264. The predicted octanol–water partition coefficient (Wildman–Crippen LogP) is 1.12. The highest BCUT2D eigenvalue weighted by molar-refractivity contribution is 5.85. The summed E-state index contributed by atoms with van der Waals surface area (Å²) in [7, 11) is 3.97. The molecule has 0 radical (unpaired) electrons. The van der Waals surface area contributed by atoms with E-state index >= 15 is 0 Å². The van der Waals surface area contributed by atoms with E-state index in [2.05, 4.69) is 57.8 Å². The molecule has 5 nitrogen and oxygen atoms in total. The third-order valence-corrected chi connectivity index (χ3v) is 4.16. The Hall–Kier alpha value is -1.14. The number of benzene rings is 1. The summed E-state index contributed by atoms with van der Waals surface area (Å²) in [6.45, 7) is 5.41. The van der Waals surface area contributed by atoms with Gasteiger partial charge in [-0.1, -0.05) is 30.3 Å². The lowest BCUT2D eigenvalue weighted by Gasteiger charge is -2.40. The molecule has 1 aliphatic rings. The fourth-order valence-electron chi connectivity index (χ4n) is 2.95. The quantitative estimate of drug-likeness (QED) is 0.730. The summed E-state index contributed by atoms with van der Waals surface area (Å²) >= 11 is 0. The van der Waals surface area contributed by atoms with E-state index in [-0.39, 0.29) is 18.3 Å². The number of halogens is 1. The summed E-state index contributed by atoms with van der Waals surface area (Å²) in [5, 5.41) is 5.81. The maximum atomic E-state index is 11.4. The fourth-order valence-corrected chi connectivity index (χ4v) is 2.95. The third-order valence-electron chi connectivity index (χ3n) is 4.16. The van der Waals surface area contributed by atoms with E-state index in [9.17, 15) is 4.79 Å². The lowest BCUT2D eigenvalue weighted by molar-refractivity contribution is -0.120. The summed E-state index contributed by atoms with van der Waals surface area (Å²) < 4.78 is 0. The van der Waals surface area contributed by atoms with Crippen molar-refractivity contribution in [1.82, 2.24) is 20.4 Å². The summed E-state index contributed by atoms with van der Waals surface area (Å²) in [6.07, 6.45) is 0.989. The monoisotopic (exact) mass is 340 g/mol. The van der Waals surface area contributed by atoms with Gasteiger partial charge in [-0.3, -0.25) is 9.69 Å². The van der Waals surface area contributed by atoms with Gasteiger partial charge in [-0.2, -0.15) is 0 Å². The zero-order valence-corrected chi connectivity index (χ0v) is 14.9. The van der Waals surface area contributed by atoms with Gasteiger partial charge in [0.05, 0.1) is 6.54 Å². The Morgan fingerprint density at radius 2 is 2.00 bits per heavy atom. The molecule has 1 amide bonds. The summed E-state index contributed by atoms with van der Waals surface area (Å²) in [5.74, 6) is 0.0699. The van der Waals surface area contributed by atoms with Crippen molar-refractivity contribution in [3.8, 4) is 0 Å². The van der Waals surface area contributed by atoms with Crippen LogP contribution in [-0.4, -0.2) is 69.1 Å². The lowest BCUT2D eigenvalue weighted by atomic mass is 10.0. The SMILES string of the molecule is CNCC(=O)NCCCN1CCN(C)CC1c1ccccc1.Cl. The van der Waals surface area contributed by atoms with Crippen molar-refractivity contribution >= 4 is 18.3 Å². The minimum Gasteiger partial charge on any atom is -0.355 e. The summed E-state index contributed by atoms with van der Waals surface area (Å²) in [6, 6.07) is 11.2. The van der Waals surface area contributed by atoms with Crippen LogP contribution in [-0.2, 0) is 4.79 Å². The van der Waals surface area contributed by atoms with E-state index < -0.39 is 0 Å². The van der Waals surface area contributed by atoms with Crippen LogP contribution in [0.3, 0.4) is 0 Å². The second-order valence-electron chi connectivity index (χ2n) is 5.96. The van der Waals surface area contributed by atoms with Crippen LogP contribution in [0.5, 0.6) is 0 Å². The van der Waals surface area contributed by atoms with E-state index in [1.54, 1.807) is 7.05 Å². The van der Waals surface area contributed by atoms with Crippen LogP contribution in [0.15, 0.2) is 30.3 Å². The number of nitrogens with one attached hydrogen (secondary N) is 2. The second kappa shape index (κ2) is 10.6. The zero-order chi connectivity index (χ0) is 15.8. The minimum atomic E-state index is 0. The molecule has 0 aliphatic carbocycles. The summed E-state index contributed by atoms with van der Waals surface area (Å²) in [4.78, 5) is 16.4. The molecule has 1 heterocycles. The van der Waals surface area contributed by atoms with Gasteiger partial charge < -0.3 is 15.5 Å². The minimum absolute atomic E-state index is 0. The van der Waals surface area contributed by atoms with Gasteiger partial charge in [-0.05, 0) is 26.1 Å². The number of amides is 1. The first-order valence-electron chi connectivity index (χ1n) is 8.09. The molecule has 1 saturated heterocycles. The van der Waals surface area contributed by atoms with Gasteiger partial charge in [-0.25, -0.2) is 0 Å². The molecule has 0 saturated carbocycles. The number of rotatable bonds is 7. The van der Waals surface area contributed by atoms with Gasteiger partial charge in [0.25, 0.3) is 0 Å². The molecule has 6 heteroatoms. The predicted molar refractivity (Wildman–Crippen MR) is 97.1 cm³/mol. The topological polar surface area (TPSA) is 47.6 Å². The molecule has 1 aromatic rings. The normalized spacial score (nSPS) is 19.1. The highest BCUT2D eigenvalue weighted by Crippen LogP contribution is 2.24. The number of hydrogen-bond donors (Lipinski definition) is 2. The first-order valence-corrected chi connectivity index (χ1v) is 8.09. The Labute approximate surface area is 145 Å². The van der Waals surface area contributed by atoms with Gasteiger partial charge in [0.1, 0.15) is 0 Å². The van der Waals surface area contributed by atoms with Gasteiger partial charge in [0.2, 0.25) is 5.91 Å². The van der Waals surface area contributed by atoms with Crippen molar-refractivity contribution in [1.29, 1.82) is 0 Å². The average Bonchev–Trinajstić information content (AvgIpc) is 2.54. The number of carbonyl (C=O) groups is 1. The zero-order valence-electron chi connectivity index (χ0n) is 14.1. The molecule has 130 valence electrons. The molecule has 1 aliphatic heterocycles. The number of hydrogen-bond acceptors (Lipinski definition) is 4. The van der Waals surface area contributed by atoms with E-state index in [1.165, 1.54) is 5.56 Å². The Bertz CT molecular complexity index is 457. The van der Waals surface area contributed by atoms with E-state index in [1.807, 2.05) is 0 Å². The van der Waals surface area contributed by atoms with Crippen molar-refractivity contribution < 1.29 is 4.79 Å². The van der Waals surface area contributed by atoms with E-state index in [4.69, 9.17) is 0 Å². The number of carbonyl (C=O) groups excluding carboxylic acids is 1. The van der Waals surface area contributed by atoms with Crippen molar-refractivity contribution in [3.63, 3.8) is 0 Å². The van der Waals surface area contributed by atoms with Crippen LogP contribution in [0.25, 0.3) is 0 Å². The van der Waals surface area contributed by atoms with E-state index in [0.717, 1.165) is 39.1 Å². The van der Waals surface area contributed by atoms with Crippen LogP contribution in [0.1, 0.15) is 18.0 Å². The smallest absolute Gasteiger partial charge is 0.233 e. The first kappa shape index (κ1) is 19.9. The second-order valence-corrected chi connectivity index (χ2v) is 5.96. The van der Waals surface area contributed by atoms with Gasteiger partial charge >= 0.3 is 0 Å². The highest BCUT2D eigenvalue weighted by Gasteiger charge is 2.25. The Morgan fingerprint density at radius 3 is 2.70 bits per heavy atom. The molecule has 0 spiro atoms. The molecule has 2 rings (SSSR count). The molecule has 2 N–H and O–H groups in total. The lowest BCUT2D eigenvalue weighted by Crippen LogP contribution is -2.47. The van der Waals surface area contributed by atoms with Gasteiger partial charge in [-0.15, -0.1) is 12.4 Å². The fraction of sp³-hybridized carbons (Fsp3) is 0.588. The molecule has 1 aromatic carbocycles. The molecule has 1 atom stereocenters. The molecule has 0 aromatic heterocycles. The Morgan fingerprint density at radius 1 is 1.26 bits per heavy atom. The van der Waals surface area contributed by atoms with Crippen molar-refractivity contribution in [3.05, 3.63) is 35.9 Å². The standard InChI is InChI=1S/C17H28N4O.ClH/c1-18-13-17(22)19-9-6-10-21-12-11-20(2)14-16(21)15-7-4-3-5-8-15;/h3-5,7-8,16,18H,6,9-14H2,1-2H3,(H,19,22);1H. The van der Waals surface area contributed by atoms with Crippen molar-refractivity contribution in [2.75, 3.05) is 53.4 Å². The van der Waals surface area contributed by atoms with Crippen LogP contribution in [0.2, 0.25) is 0 Å². The molecule has 1 unspecified atom stereocenters. The van der Waals surface area contributed by atoms with Crippen molar-refractivity contribution in [2.24, 2.45) is 0 Å². The number of likely N-dealkylation sites (N-methyl/N-ethyl adjacent to an activating group) is 2. The maximum absolute atomic E-state index is 11.4. The number of nitrogens with zero attached hydrogens (tertiary/aromatic N) is 2. The maximum Gasteiger partial charge on any atom is 0.233 e. The first-order chi connectivity index (χ1) is 10.7. The highest BCUT2D eigenvalue weighted by atomic mass is 35.5. The molecule has 0 bridgehead atoms. The Kier molecular flexibility index (Phi) is 9.17.